The number of rotatable bonds is 8. The Bertz CT molecular complexity index is 1330. The van der Waals surface area contributed by atoms with Crippen LogP contribution >= 0.6 is 0 Å². The number of carboxylic acids is 1. The summed E-state index contributed by atoms with van der Waals surface area (Å²) < 4.78 is 47.2. The van der Waals surface area contributed by atoms with Gasteiger partial charge in [0.15, 0.2) is 5.69 Å². The van der Waals surface area contributed by atoms with E-state index in [9.17, 15) is 23.1 Å². The van der Waals surface area contributed by atoms with E-state index in [0.717, 1.165) is 17.3 Å². The molecule has 0 saturated carbocycles. The van der Waals surface area contributed by atoms with Crippen LogP contribution in [0, 0.1) is 5.41 Å². The number of ether oxygens (including phenoxy) is 1. The molecular weight excluding hydrogens is 543 g/mol. The second kappa shape index (κ2) is 17.0. The summed E-state index contributed by atoms with van der Waals surface area (Å²) >= 11 is 0. The van der Waals surface area contributed by atoms with Gasteiger partial charge in [0.1, 0.15) is 18.2 Å². The van der Waals surface area contributed by atoms with Crippen molar-refractivity contribution in [2.45, 2.75) is 68.1 Å². The highest BCUT2D eigenvalue weighted by Crippen LogP contribution is 2.32. The number of halogens is 3. The van der Waals surface area contributed by atoms with E-state index in [1.54, 1.807) is 50.2 Å². The lowest BCUT2D eigenvalue weighted by molar-refractivity contribution is -0.148. The maximum Gasteiger partial charge on any atom is 0.434 e. The molecule has 2 aromatic carbocycles. The van der Waals surface area contributed by atoms with Crippen LogP contribution in [0.2, 0.25) is 0 Å². The SMILES string of the molecule is CC.CC.CC.CC(C)(COc1ccc(-c2ccc(-c3nc(C(F)(F)F)cn3Cc3ccccc3)cn2)cc1)C(=O)O. The summed E-state index contributed by atoms with van der Waals surface area (Å²) in [4.78, 5) is 19.5. The number of benzene rings is 2. The van der Waals surface area contributed by atoms with Crippen molar-refractivity contribution in [3.05, 3.63) is 90.4 Å². The Morgan fingerprint density at radius 3 is 1.93 bits per heavy atom. The van der Waals surface area contributed by atoms with Crippen molar-refractivity contribution >= 4 is 5.97 Å². The first-order chi connectivity index (χ1) is 20.0. The summed E-state index contributed by atoms with van der Waals surface area (Å²) in [6.07, 6.45) is -2.05. The molecule has 4 aromatic rings. The first kappa shape index (κ1) is 35.9. The van der Waals surface area contributed by atoms with E-state index in [2.05, 4.69) is 9.97 Å². The first-order valence-electron chi connectivity index (χ1n) is 14.1. The zero-order valence-electron chi connectivity index (χ0n) is 25.7. The van der Waals surface area contributed by atoms with Gasteiger partial charge in [0.25, 0.3) is 0 Å². The summed E-state index contributed by atoms with van der Waals surface area (Å²) in [6.45, 7) is 15.4. The second-order valence-corrected chi connectivity index (χ2v) is 9.00. The molecule has 42 heavy (non-hydrogen) atoms. The fourth-order valence-corrected chi connectivity index (χ4v) is 3.43. The molecule has 0 aliphatic carbocycles. The molecule has 2 heterocycles. The molecule has 0 bridgehead atoms. The minimum atomic E-state index is -4.56. The molecule has 4 rings (SSSR count). The highest BCUT2D eigenvalue weighted by atomic mass is 19.4. The number of imidazole rings is 1. The monoisotopic (exact) mass is 585 g/mol. The second-order valence-electron chi connectivity index (χ2n) is 9.00. The van der Waals surface area contributed by atoms with Gasteiger partial charge in [-0.3, -0.25) is 9.78 Å². The molecular formula is C33H42F3N3O3. The number of carbonyl (C=O) groups is 1. The number of alkyl halides is 3. The standard InChI is InChI=1S/C27H24F3N3O3.3C2H6/c1-26(2,25(34)35)17-36-21-11-8-19(9-12-21)22-13-10-20(14-31-22)24-32-23(27(28,29)30)16-33(24)15-18-6-4-3-5-7-18;3*1-2/h3-14,16H,15,17H2,1-2H3,(H,34,35);3*1-2H3. The zero-order chi connectivity index (χ0) is 31.9. The minimum Gasteiger partial charge on any atom is -0.492 e. The van der Waals surface area contributed by atoms with E-state index in [4.69, 9.17) is 4.74 Å². The highest BCUT2D eigenvalue weighted by molar-refractivity contribution is 5.73. The summed E-state index contributed by atoms with van der Waals surface area (Å²) in [7, 11) is 0. The van der Waals surface area contributed by atoms with Gasteiger partial charge in [-0.1, -0.05) is 71.9 Å². The molecule has 0 amide bonds. The Labute approximate surface area is 247 Å². The number of hydrogen-bond acceptors (Lipinski definition) is 4. The van der Waals surface area contributed by atoms with E-state index in [0.29, 0.717) is 17.0 Å². The Hall–Kier alpha value is -4.14. The van der Waals surface area contributed by atoms with E-state index in [1.807, 2.05) is 71.9 Å². The van der Waals surface area contributed by atoms with Crippen LogP contribution in [0.1, 0.15) is 66.6 Å². The van der Waals surface area contributed by atoms with Gasteiger partial charge in [0.05, 0.1) is 11.1 Å². The maximum atomic E-state index is 13.4. The molecule has 1 N–H and O–H groups in total. The molecule has 0 saturated heterocycles. The molecule has 0 aliphatic rings. The third-order valence-corrected chi connectivity index (χ3v) is 5.61. The Kier molecular flexibility index (Phi) is 14.5. The van der Waals surface area contributed by atoms with Gasteiger partial charge in [-0.15, -0.1) is 0 Å². The van der Waals surface area contributed by atoms with Gasteiger partial charge < -0.3 is 14.4 Å². The summed E-state index contributed by atoms with van der Waals surface area (Å²) in [5.41, 5.74) is 0.723. The third-order valence-electron chi connectivity index (χ3n) is 5.61. The zero-order valence-corrected chi connectivity index (χ0v) is 25.7. The Balaban J connectivity index is 0.00000138. The predicted octanol–water partition coefficient (Wildman–Crippen LogP) is 9.25. The third kappa shape index (κ3) is 10.0. The lowest BCUT2D eigenvalue weighted by Gasteiger charge is -2.19. The molecule has 0 radical (unpaired) electrons. The van der Waals surface area contributed by atoms with Crippen LogP contribution in [0.25, 0.3) is 22.6 Å². The minimum absolute atomic E-state index is 0.0180. The largest absolute Gasteiger partial charge is 0.492 e. The first-order valence-corrected chi connectivity index (χ1v) is 14.1. The van der Waals surface area contributed by atoms with Crippen molar-refractivity contribution in [2.75, 3.05) is 6.61 Å². The molecule has 9 heteroatoms. The van der Waals surface area contributed by atoms with Gasteiger partial charge in [0.2, 0.25) is 0 Å². The van der Waals surface area contributed by atoms with E-state index < -0.39 is 23.3 Å². The van der Waals surface area contributed by atoms with Crippen LogP contribution in [0.4, 0.5) is 13.2 Å². The lowest BCUT2D eigenvalue weighted by Crippen LogP contribution is -2.30. The quantitative estimate of drug-likeness (QED) is 0.223. The van der Waals surface area contributed by atoms with Gasteiger partial charge >= 0.3 is 12.1 Å². The number of nitrogens with zero attached hydrogens (tertiary/aromatic N) is 3. The average Bonchev–Trinajstić information content (AvgIpc) is 3.44. The number of aromatic nitrogens is 3. The van der Waals surface area contributed by atoms with Crippen molar-refractivity contribution in [2.24, 2.45) is 5.41 Å². The normalized spacial score (nSPS) is 10.6. The summed E-state index contributed by atoms with van der Waals surface area (Å²) in [5.74, 6) is -0.252. The van der Waals surface area contributed by atoms with Crippen molar-refractivity contribution < 1.29 is 27.8 Å². The molecule has 228 valence electrons. The topological polar surface area (TPSA) is 77.2 Å². The number of pyridine rings is 1. The van der Waals surface area contributed by atoms with Crippen molar-refractivity contribution in [1.82, 2.24) is 14.5 Å². The molecule has 2 aromatic heterocycles. The summed E-state index contributed by atoms with van der Waals surface area (Å²) in [5, 5.41) is 9.20. The number of carboxylic acid groups (broad SMARTS) is 1. The molecule has 0 atom stereocenters. The lowest BCUT2D eigenvalue weighted by atomic mass is 9.95. The predicted molar refractivity (Wildman–Crippen MR) is 162 cm³/mol. The smallest absolute Gasteiger partial charge is 0.434 e. The fourth-order valence-electron chi connectivity index (χ4n) is 3.43. The summed E-state index contributed by atoms with van der Waals surface area (Å²) in [6, 6.07) is 19.6. The van der Waals surface area contributed by atoms with Crippen LogP contribution < -0.4 is 4.74 Å². The van der Waals surface area contributed by atoms with Crippen LogP contribution in [0.3, 0.4) is 0 Å². The maximum absolute atomic E-state index is 13.4. The van der Waals surface area contributed by atoms with Crippen LogP contribution in [0.5, 0.6) is 5.75 Å². The van der Waals surface area contributed by atoms with Gasteiger partial charge in [0, 0.05) is 30.1 Å². The van der Waals surface area contributed by atoms with E-state index >= 15 is 0 Å². The Morgan fingerprint density at radius 1 is 0.857 bits per heavy atom. The van der Waals surface area contributed by atoms with Crippen LogP contribution in [-0.2, 0) is 17.5 Å². The van der Waals surface area contributed by atoms with Crippen LogP contribution in [0.15, 0.2) is 79.1 Å². The van der Waals surface area contributed by atoms with Crippen molar-refractivity contribution in [3.63, 3.8) is 0 Å². The van der Waals surface area contributed by atoms with Gasteiger partial charge in [-0.2, -0.15) is 13.2 Å². The fraction of sp³-hybridized carbons (Fsp3) is 0.364. The molecule has 0 aliphatic heterocycles. The molecule has 0 spiro atoms. The van der Waals surface area contributed by atoms with Gasteiger partial charge in [-0.25, -0.2) is 4.98 Å². The molecule has 0 unspecified atom stereocenters. The molecule has 0 fully saturated rings. The van der Waals surface area contributed by atoms with Gasteiger partial charge in [-0.05, 0) is 55.8 Å². The van der Waals surface area contributed by atoms with E-state index in [-0.39, 0.29) is 19.0 Å². The van der Waals surface area contributed by atoms with Crippen molar-refractivity contribution in [3.8, 4) is 28.4 Å². The molecule has 6 nitrogen and oxygen atoms in total. The highest BCUT2D eigenvalue weighted by Gasteiger charge is 2.35. The number of hydrogen-bond donors (Lipinski definition) is 1. The van der Waals surface area contributed by atoms with E-state index in [1.165, 1.54) is 10.8 Å². The average molecular weight is 586 g/mol. The van der Waals surface area contributed by atoms with Crippen molar-refractivity contribution in [1.29, 1.82) is 0 Å². The number of aliphatic carboxylic acids is 1. The Morgan fingerprint density at radius 2 is 1.43 bits per heavy atom. The van der Waals surface area contributed by atoms with Crippen LogP contribution in [-0.4, -0.2) is 32.2 Å².